The molecule has 0 saturated heterocycles. The fourth-order valence-electron chi connectivity index (χ4n) is 3.01. The number of allylic oxidation sites excluding steroid dienone is 1. The van der Waals surface area contributed by atoms with Crippen molar-refractivity contribution in [1.29, 1.82) is 0 Å². The molecule has 7 heteroatoms. The van der Waals surface area contributed by atoms with Crippen LogP contribution in [0.4, 0.5) is 10.5 Å². The van der Waals surface area contributed by atoms with Crippen LogP contribution in [-0.4, -0.2) is 28.7 Å². The molecule has 114 valence electrons. The first-order valence-electron chi connectivity index (χ1n) is 7.04. The van der Waals surface area contributed by atoms with Gasteiger partial charge in [-0.25, -0.2) is 4.79 Å². The van der Waals surface area contributed by atoms with Gasteiger partial charge in [0.1, 0.15) is 0 Å². The van der Waals surface area contributed by atoms with E-state index in [1.807, 2.05) is 0 Å². The summed E-state index contributed by atoms with van der Waals surface area (Å²) in [5, 5.41) is 13.7. The Morgan fingerprint density at radius 3 is 2.82 bits per heavy atom. The molecule has 1 aromatic rings. The number of hydrogen-bond acceptors (Lipinski definition) is 4. The number of carbonyl (C=O) groups is 2. The standard InChI is InChI=1S/C15H15N3O4/c1-17-11-6-3-7-12(19)13(11)14(16-15(17)20)9-4-2-5-10(8-9)18(21)22/h2,4-5,8,14H,3,6-7H2,1H3,(H,16,20)/t14-/m1/s1. The number of non-ortho nitro benzene ring substituents is 1. The zero-order valence-electron chi connectivity index (χ0n) is 12.0. The Morgan fingerprint density at radius 2 is 2.09 bits per heavy atom. The van der Waals surface area contributed by atoms with Crippen molar-refractivity contribution in [3.8, 4) is 0 Å². The zero-order chi connectivity index (χ0) is 15.9. The van der Waals surface area contributed by atoms with E-state index in [1.165, 1.54) is 17.0 Å². The molecule has 1 aromatic carbocycles. The maximum atomic E-state index is 12.3. The third kappa shape index (κ3) is 2.24. The fraction of sp³-hybridized carbons (Fsp3) is 0.333. The number of rotatable bonds is 2. The van der Waals surface area contributed by atoms with Crippen molar-refractivity contribution < 1.29 is 14.5 Å². The number of benzene rings is 1. The van der Waals surface area contributed by atoms with Crippen molar-refractivity contribution in [3.05, 3.63) is 51.2 Å². The van der Waals surface area contributed by atoms with Gasteiger partial charge in [0, 0.05) is 36.9 Å². The second-order valence-corrected chi connectivity index (χ2v) is 5.43. The van der Waals surface area contributed by atoms with Crippen LogP contribution in [0.2, 0.25) is 0 Å². The van der Waals surface area contributed by atoms with Gasteiger partial charge in [-0.3, -0.25) is 14.9 Å². The number of Topliss-reactive ketones (excluding diaryl/α,β-unsaturated/α-hetero) is 1. The highest BCUT2D eigenvalue weighted by Gasteiger charge is 2.37. The summed E-state index contributed by atoms with van der Waals surface area (Å²) in [6, 6.07) is 5.12. The number of urea groups is 1. The molecule has 7 nitrogen and oxygen atoms in total. The molecule has 0 unspecified atom stereocenters. The first-order valence-corrected chi connectivity index (χ1v) is 7.04. The Morgan fingerprint density at radius 1 is 1.32 bits per heavy atom. The number of nitro groups is 1. The quantitative estimate of drug-likeness (QED) is 0.670. The van der Waals surface area contributed by atoms with Crippen LogP contribution in [0.25, 0.3) is 0 Å². The number of hydrogen-bond donors (Lipinski definition) is 1. The summed E-state index contributed by atoms with van der Waals surface area (Å²) in [6.45, 7) is 0. The Labute approximate surface area is 126 Å². The number of nitro benzene ring substituents is 1. The van der Waals surface area contributed by atoms with Gasteiger partial charge in [0.2, 0.25) is 0 Å². The van der Waals surface area contributed by atoms with Gasteiger partial charge < -0.3 is 10.2 Å². The van der Waals surface area contributed by atoms with E-state index in [-0.39, 0.29) is 17.5 Å². The lowest BCUT2D eigenvalue weighted by Crippen LogP contribution is -2.47. The summed E-state index contributed by atoms with van der Waals surface area (Å²) in [5.41, 5.74) is 1.76. The van der Waals surface area contributed by atoms with Crippen LogP contribution in [-0.2, 0) is 4.79 Å². The molecule has 1 aliphatic heterocycles. The molecule has 22 heavy (non-hydrogen) atoms. The highest BCUT2D eigenvalue weighted by molar-refractivity contribution is 6.00. The van der Waals surface area contributed by atoms with Crippen molar-refractivity contribution in [2.75, 3.05) is 7.05 Å². The number of ketones is 1. The van der Waals surface area contributed by atoms with Gasteiger partial charge >= 0.3 is 6.03 Å². The molecular weight excluding hydrogens is 286 g/mol. The minimum Gasteiger partial charge on any atom is -0.327 e. The maximum absolute atomic E-state index is 12.3. The van der Waals surface area contributed by atoms with Crippen LogP contribution < -0.4 is 5.32 Å². The molecule has 0 aromatic heterocycles. The summed E-state index contributed by atoms with van der Waals surface area (Å²) in [6.07, 6.45) is 1.82. The largest absolute Gasteiger partial charge is 0.327 e. The van der Waals surface area contributed by atoms with E-state index in [2.05, 4.69) is 5.32 Å². The van der Waals surface area contributed by atoms with Crippen LogP contribution in [0.3, 0.4) is 0 Å². The van der Waals surface area contributed by atoms with E-state index in [1.54, 1.807) is 19.2 Å². The second-order valence-electron chi connectivity index (χ2n) is 5.43. The van der Waals surface area contributed by atoms with Gasteiger partial charge in [-0.05, 0) is 18.4 Å². The van der Waals surface area contributed by atoms with Crippen molar-refractivity contribution in [2.45, 2.75) is 25.3 Å². The number of carbonyl (C=O) groups excluding carboxylic acids is 2. The maximum Gasteiger partial charge on any atom is 0.322 e. The molecule has 1 atom stereocenters. The highest BCUT2D eigenvalue weighted by atomic mass is 16.6. The minimum atomic E-state index is -0.619. The Bertz CT molecular complexity index is 710. The third-order valence-electron chi connectivity index (χ3n) is 4.11. The first-order chi connectivity index (χ1) is 10.5. The van der Waals surface area contributed by atoms with E-state index >= 15 is 0 Å². The molecule has 0 radical (unpaired) electrons. The lowest BCUT2D eigenvalue weighted by Gasteiger charge is -2.37. The van der Waals surface area contributed by atoms with Crippen molar-refractivity contribution in [2.24, 2.45) is 0 Å². The minimum absolute atomic E-state index is 0.00962. The third-order valence-corrected chi connectivity index (χ3v) is 4.11. The summed E-state index contributed by atoms with van der Waals surface area (Å²) >= 11 is 0. The summed E-state index contributed by atoms with van der Waals surface area (Å²) in [4.78, 5) is 36.3. The lowest BCUT2D eigenvalue weighted by atomic mass is 9.85. The summed E-state index contributed by atoms with van der Waals surface area (Å²) in [5.74, 6) is -0.00962. The van der Waals surface area contributed by atoms with Gasteiger partial charge in [-0.1, -0.05) is 12.1 Å². The Balaban J connectivity index is 2.11. The Kier molecular flexibility index (Phi) is 3.40. The average Bonchev–Trinajstić information content (AvgIpc) is 2.51. The highest BCUT2D eigenvalue weighted by Crippen LogP contribution is 2.37. The predicted molar refractivity (Wildman–Crippen MR) is 78.0 cm³/mol. The smallest absolute Gasteiger partial charge is 0.322 e. The molecule has 0 fully saturated rings. The molecule has 1 N–H and O–H groups in total. The van der Waals surface area contributed by atoms with Crippen LogP contribution in [0, 0.1) is 10.1 Å². The van der Waals surface area contributed by atoms with Gasteiger partial charge in [0.25, 0.3) is 5.69 Å². The number of amides is 2. The van der Waals surface area contributed by atoms with Gasteiger partial charge in [-0.15, -0.1) is 0 Å². The fourth-order valence-corrected chi connectivity index (χ4v) is 3.01. The molecule has 0 saturated carbocycles. The van der Waals surface area contributed by atoms with Crippen LogP contribution in [0.15, 0.2) is 35.5 Å². The predicted octanol–water partition coefficient (Wildman–Crippen LogP) is 2.30. The molecule has 0 bridgehead atoms. The van der Waals surface area contributed by atoms with E-state index in [9.17, 15) is 19.7 Å². The van der Waals surface area contributed by atoms with Crippen molar-refractivity contribution >= 4 is 17.5 Å². The lowest BCUT2D eigenvalue weighted by molar-refractivity contribution is -0.384. The van der Waals surface area contributed by atoms with Gasteiger partial charge in [0.15, 0.2) is 5.78 Å². The normalized spacial score (nSPS) is 21.5. The molecule has 1 heterocycles. The Hall–Kier alpha value is -2.70. The van der Waals surface area contributed by atoms with Crippen LogP contribution >= 0.6 is 0 Å². The van der Waals surface area contributed by atoms with Crippen molar-refractivity contribution in [1.82, 2.24) is 10.2 Å². The monoisotopic (exact) mass is 301 g/mol. The molecule has 3 rings (SSSR count). The molecule has 0 spiro atoms. The topological polar surface area (TPSA) is 92.6 Å². The molecule has 2 amide bonds. The summed E-state index contributed by atoms with van der Waals surface area (Å²) < 4.78 is 0. The SMILES string of the molecule is CN1C(=O)N[C@H](c2cccc([N+](=O)[O-])c2)C2=C1CCCC2=O. The first kappa shape index (κ1) is 14.2. The van der Waals surface area contributed by atoms with E-state index in [0.717, 1.165) is 12.1 Å². The van der Waals surface area contributed by atoms with Gasteiger partial charge in [-0.2, -0.15) is 0 Å². The number of nitrogens with one attached hydrogen (secondary N) is 1. The molecule has 2 aliphatic rings. The number of nitrogens with zero attached hydrogens (tertiary/aromatic N) is 2. The summed E-state index contributed by atoms with van der Waals surface area (Å²) in [7, 11) is 1.63. The van der Waals surface area contributed by atoms with Crippen LogP contribution in [0.1, 0.15) is 30.9 Å². The molecular formula is C15H15N3O4. The van der Waals surface area contributed by atoms with E-state index < -0.39 is 11.0 Å². The van der Waals surface area contributed by atoms with Crippen molar-refractivity contribution in [3.63, 3.8) is 0 Å². The molecule has 1 aliphatic carbocycles. The zero-order valence-corrected chi connectivity index (χ0v) is 12.0. The second kappa shape index (κ2) is 5.25. The average molecular weight is 301 g/mol. The van der Waals surface area contributed by atoms with E-state index in [4.69, 9.17) is 0 Å². The van der Waals surface area contributed by atoms with Gasteiger partial charge in [0.05, 0.1) is 11.0 Å². The van der Waals surface area contributed by atoms with E-state index in [0.29, 0.717) is 24.0 Å². The van der Waals surface area contributed by atoms with Crippen LogP contribution in [0.5, 0.6) is 0 Å².